The number of amides is 1. The first-order chi connectivity index (χ1) is 17.6. The molecule has 0 spiro atoms. The predicted molar refractivity (Wildman–Crippen MR) is 129 cm³/mol. The number of halogens is 3. The molecule has 0 aliphatic heterocycles. The van der Waals surface area contributed by atoms with Gasteiger partial charge in [-0.2, -0.15) is 10.1 Å². The predicted octanol–water partition coefficient (Wildman–Crippen LogP) is 4.15. The first kappa shape index (κ1) is 25.9. The van der Waals surface area contributed by atoms with Crippen molar-refractivity contribution in [3.05, 3.63) is 71.4 Å². The third-order valence-electron chi connectivity index (χ3n) is 5.34. The number of carbonyl (C=O) groups excluding carboxylic acids is 1. The van der Waals surface area contributed by atoms with Gasteiger partial charge in [0.25, 0.3) is 11.8 Å². The number of hydrogen-bond donors (Lipinski definition) is 1. The molecule has 1 amide bonds. The summed E-state index contributed by atoms with van der Waals surface area (Å²) in [5.41, 5.74) is 3.20. The fourth-order valence-corrected chi connectivity index (χ4v) is 3.50. The number of alkyl halides is 3. The summed E-state index contributed by atoms with van der Waals surface area (Å²) in [6.07, 6.45) is -4.77. The molecule has 12 heteroatoms. The van der Waals surface area contributed by atoms with Gasteiger partial charge in [0.15, 0.2) is 5.69 Å². The van der Waals surface area contributed by atoms with Crippen LogP contribution in [0, 0.1) is 6.92 Å². The number of carbonyl (C=O) groups is 1. The van der Waals surface area contributed by atoms with E-state index in [1.165, 1.54) is 24.3 Å². The molecule has 0 saturated carbocycles. The van der Waals surface area contributed by atoms with Crippen molar-refractivity contribution in [2.75, 3.05) is 27.2 Å². The van der Waals surface area contributed by atoms with Crippen LogP contribution in [0.3, 0.4) is 0 Å². The van der Waals surface area contributed by atoms with Gasteiger partial charge < -0.3 is 19.5 Å². The second-order valence-corrected chi connectivity index (χ2v) is 8.58. The van der Waals surface area contributed by atoms with Gasteiger partial charge in [-0.25, -0.2) is 0 Å². The highest BCUT2D eigenvalue weighted by atomic mass is 19.4. The Morgan fingerprint density at radius 3 is 2.59 bits per heavy atom. The van der Waals surface area contributed by atoms with Crippen molar-refractivity contribution in [1.29, 1.82) is 0 Å². The Labute approximate surface area is 210 Å². The van der Waals surface area contributed by atoms with Crippen LogP contribution in [0.2, 0.25) is 0 Å². The van der Waals surface area contributed by atoms with Crippen molar-refractivity contribution in [3.8, 4) is 28.7 Å². The van der Waals surface area contributed by atoms with E-state index in [0.717, 1.165) is 17.8 Å². The zero-order chi connectivity index (χ0) is 26.6. The number of hydrogen-bond acceptors (Lipinski definition) is 7. The van der Waals surface area contributed by atoms with Crippen LogP contribution in [0.25, 0.3) is 23.0 Å². The molecular weight excluding hydrogens is 489 g/mol. The number of aromatic nitrogens is 4. The van der Waals surface area contributed by atoms with E-state index in [9.17, 15) is 18.0 Å². The largest absolute Gasteiger partial charge is 0.573 e. The molecule has 37 heavy (non-hydrogen) atoms. The van der Waals surface area contributed by atoms with E-state index >= 15 is 0 Å². The molecule has 0 atom stereocenters. The minimum atomic E-state index is -4.77. The van der Waals surface area contributed by atoms with Crippen molar-refractivity contribution < 1.29 is 27.2 Å². The normalized spacial score (nSPS) is 11.6. The molecule has 2 heterocycles. The molecule has 0 fully saturated rings. The lowest BCUT2D eigenvalue weighted by atomic mass is 10.1. The van der Waals surface area contributed by atoms with Gasteiger partial charge in [0.2, 0.25) is 5.82 Å². The van der Waals surface area contributed by atoms with Crippen molar-refractivity contribution in [1.82, 2.24) is 30.1 Å². The average Bonchev–Trinajstić information content (AvgIpc) is 3.46. The van der Waals surface area contributed by atoms with E-state index in [2.05, 4.69) is 25.3 Å². The molecule has 4 aromatic rings. The summed E-state index contributed by atoms with van der Waals surface area (Å²) < 4.78 is 48.1. The number of nitrogens with zero attached hydrogens (tertiary/aromatic N) is 5. The van der Waals surface area contributed by atoms with Crippen molar-refractivity contribution >= 4 is 5.91 Å². The molecule has 0 bridgehead atoms. The Morgan fingerprint density at radius 1 is 1.14 bits per heavy atom. The smallest absolute Gasteiger partial charge is 0.406 e. The summed E-state index contributed by atoms with van der Waals surface area (Å²) in [6.45, 7) is 3.60. The van der Waals surface area contributed by atoms with Gasteiger partial charge in [0, 0.05) is 29.9 Å². The standard InChI is InChI=1S/C25H25F3N6O3/c1-16-13-21(24-30-22(32-37-24)18-7-9-20(10-8-18)36-25(26,27)28)31-34(16)15-17-5-4-6-19(14-17)23(35)29-11-12-33(2)3/h4-10,13-14H,11-12,15H2,1-3H3,(H,29,35). The third kappa shape index (κ3) is 6.94. The quantitative estimate of drug-likeness (QED) is 0.358. The number of ether oxygens (including phenoxy) is 1. The van der Waals surface area contributed by atoms with Gasteiger partial charge in [0.1, 0.15) is 5.75 Å². The van der Waals surface area contributed by atoms with Crippen LogP contribution in [-0.2, 0) is 6.54 Å². The van der Waals surface area contributed by atoms with Crippen LogP contribution in [0.15, 0.2) is 59.1 Å². The molecule has 0 radical (unpaired) electrons. The third-order valence-corrected chi connectivity index (χ3v) is 5.34. The van der Waals surface area contributed by atoms with Gasteiger partial charge in [-0.3, -0.25) is 9.48 Å². The Balaban J connectivity index is 1.45. The summed E-state index contributed by atoms with van der Waals surface area (Å²) in [4.78, 5) is 18.8. The second-order valence-electron chi connectivity index (χ2n) is 8.58. The lowest BCUT2D eigenvalue weighted by molar-refractivity contribution is -0.274. The Hall–Kier alpha value is -4.19. The van der Waals surface area contributed by atoms with Crippen LogP contribution in [0.5, 0.6) is 5.75 Å². The van der Waals surface area contributed by atoms with E-state index in [-0.39, 0.29) is 23.4 Å². The summed E-state index contributed by atoms with van der Waals surface area (Å²) >= 11 is 0. The van der Waals surface area contributed by atoms with E-state index < -0.39 is 6.36 Å². The first-order valence-electron chi connectivity index (χ1n) is 11.3. The Kier molecular flexibility index (Phi) is 7.58. The molecule has 2 aromatic carbocycles. The van der Waals surface area contributed by atoms with E-state index in [1.807, 2.05) is 44.1 Å². The lowest BCUT2D eigenvalue weighted by Crippen LogP contribution is -2.31. The number of aryl methyl sites for hydroxylation is 1. The fraction of sp³-hybridized carbons (Fsp3) is 0.280. The molecule has 2 aromatic heterocycles. The Morgan fingerprint density at radius 2 is 1.89 bits per heavy atom. The number of benzene rings is 2. The number of nitrogens with one attached hydrogen (secondary N) is 1. The van der Waals surface area contributed by atoms with E-state index in [1.54, 1.807) is 16.8 Å². The van der Waals surface area contributed by atoms with E-state index in [4.69, 9.17) is 4.52 Å². The molecule has 0 unspecified atom stereocenters. The molecule has 0 aliphatic carbocycles. The maximum Gasteiger partial charge on any atom is 0.573 e. The SMILES string of the molecule is Cc1cc(-c2nc(-c3ccc(OC(F)(F)F)cc3)no2)nn1Cc1cccc(C(=O)NCCN(C)C)c1. The van der Waals surface area contributed by atoms with Crippen LogP contribution in [0.4, 0.5) is 13.2 Å². The topological polar surface area (TPSA) is 98.3 Å². The summed E-state index contributed by atoms with van der Waals surface area (Å²) in [5, 5.41) is 11.4. The second kappa shape index (κ2) is 10.8. The molecule has 1 N–H and O–H groups in total. The summed E-state index contributed by atoms with van der Waals surface area (Å²) in [5.74, 6) is -0.113. The maximum atomic E-state index is 12.4. The Bertz CT molecular complexity index is 1360. The maximum absolute atomic E-state index is 12.4. The molecule has 0 aliphatic rings. The average molecular weight is 515 g/mol. The van der Waals surface area contributed by atoms with Gasteiger partial charge >= 0.3 is 6.36 Å². The van der Waals surface area contributed by atoms with Gasteiger partial charge in [0.05, 0.1) is 6.54 Å². The van der Waals surface area contributed by atoms with Crippen LogP contribution in [-0.4, -0.2) is 64.3 Å². The zero-order valence-corrected chi connectivity index (χ0v) is 20.4. The van der Waals surface area contributed by atoms with Gasteiger partial charge in [-0.05, 0) is 69.0 Å². The highest BCUT2D eigenvalue weighted by Gasteiger charge is 2.31. The molecular formula is C25H25F3N6O3. The minimum absolute atomic E-state index is 0.141. The van der Waals surface area contributed by atoms with Crippen molar-refractivity contribution in [2.24, 2.45) is 0 Å². The van der Waals surface area contributed by atoms with E-state index in [0.29, 0.717) is 29.9 Å². The summed E-state index contributed by atoms with van der Waals surface area (Å²) in [7, 11) is 3.88. The monoisotopic (exact) mass is 514 g/mol. The fourth-order valence-electron chi connectivity index (χ4n) is 3.50. The summed E-state index contributed by atoms with van der Waals surface area (Å²) in [6, 6.07) is 14.3. The molecule has 0 saturated heterocycles. The van der Waals surface area contributed by atoms with Crippen LogP contribution < -0.4 is 10.1 Å². The van der Waals surface area contributed by atoms with Gasteiger partial charge in [-0.1, -0.05) is 17.3 Å². The van der Waals surface area contributed by atoms with Crippen molar-refractivity contribution in [3.63, 3.8) is 0 Å². The molecule has 194 valence electrons. The highest BCUT2D eigenvalue weighted by molar-refractivity contribution is 5.94. The molecule has 4 rings (SSSR count). The van der Waals surface area contributed by atoms with Crippen LogP contribution >= 0.6 is 0 Å². The molecule has 9 nitrogen and oxygen atoms in total. The number of likely N-dealkylation sites (N-methyl/N-ethyl adjacent to an activating group) is 1. The van der Waals surface area contributed by atoms with Gasteiger partial charge in [-0.15, -0.1) is 13.2 Å². The lowest BCUT2D eigenvalue weighted by Gasteiger charge is -2.11. The van der Waals surface area contributed by atoms with Crippen LogP contribution in [0.1, 0.15) is 21.6 Å². The first-order valence-corrected chi connectivity index (χ1v) is 11.3. The van der Waals surface area contributed by atoms with Crippen molar-refractivity contribution in [2.45, 2.75) is 19.8 Å². The minimum Gasteiger partial charge on any atom is -0.406 e. The zero-order valence-electron chi connectivity index (χ0n) is 20.4. The highest BCUT2D eigenvalue weighted by Crippen LogP contribution is 2.27. The number of rotatable bonds is 9.